The quantitative estimate of drug-likeness (QED) is 0.792. The van der Waals surface area contributed by atoms with Crippen molar-refractivity contribution >= 4 is 5.91 Å². The van der Waals surface area contributed by atoms with Crippen LogP contribution >= 0.6 is 0 Å². The maximum atomic E-state index is 12.0. The number of carbonyl (C=O) groups excluding carboxylic acids is 1. The van der Waals surface area contributed by atoms with Crippen molar-refractivity contribution in [3.8, 4) is 0 Å². The van der Waals surface area contributed by atoms with Crippen molar-refractivity contribution < 1.29 is 9.53 Å². The van der Waals surface area contributed by atoms with E-state index in [1.807, 2.05) is 13.8 Å². The van der Waals surface area contributed by atoms with Gasteiger partial charge in [0.25, 0.3) is 0 Å². The molecule has 0 aromatic heterocycles. The molecule has 4 nitrogen and oxygen atoms in total. The fourth-order valence-corrected chi connectivity index (χ4v) is 2.44. The number of ether oxygens (including phenoxy) is 1. The third-order valence-corrected chi connectivity index (χ3v) is 3.33. The summed E-state index contributed by atoms with van der Waals surface area (Å²) < 4.78 is 5.09. The van der Waals surface area contributed by atoms with E-state index in [0.717, 1.165) is 13.0 Å². The van der Waals surface area contributed by atoms with Gasteiger partial charge in [0.2, 0.25) is 5.91 Å². The van der Waals surface area contributed by atoms with Crippen LogP contribution in [-0.4, -0.2) is 49.7 Å². The lowest BCUT2D eigenvalue weighted by Crippen LogP contribution is -2.49. The fraction of sp³-hybridized carbons (Fsp3) is 0.923. The van der Waals surface area contributed by atoms with Crippen LogP contribution in [0.3, 0.4) is 0 Å². The van der Waals surface area contributed by atoms with Crippen molar-refractivity contribution in [3.63, 3.8) is 0 Å². The molecule has 0 aromatic rings. The largest absolute Gasteiger partial charge is 0.382 e. The SMILES string of the molecule is COCC(C)(C)NC(=O)CC1CCCCN1C. The van der Waals surface area contributed by atoms with Crippen LogP contribution in [0.25, 0.3) is 0 Å². The summed E-state index contributed by atoms with van der Waals surface area (Å²) in [7, 11) is 3.76. The molecule has 0 aromatic carbocycles. The maximum absolute atomic E-state index is 12.0. The molecule has 1 atom stereocenters. The summed E-state index contributed by atoms with van der Waals surface area (Å²) in [5.41, 5.74) is -0.279. The van der Waals surface area contributed by atoms with Gasteiger partial charge in [-0.05, 0) is 40.3 Å². The molecule has 0 aliphatic carbocycles. The first kappa shape index (κ1) is 14.5. The highest BCUT2D eigenvalue weighted by Crippen LogP contribution is 2.18. The van der Waals surface area contributed by atoms with Crippen molar-refractivity contribution in [1.29, 1.82) is 0 Å². The molecule has 0 bridgehead atoms. The van der Waals surface area contributed by atoms with Crippen molar-refractivity contribution in [2.75, 3.05) is 27.3 Å². The molecule has 0 saturated carbocycles. The zero-order chi connectivity index (χ0) is 12.9. The average molecular weight is 242 g/mol. The van der Waals surface area contributed by atoms with E-state index in [-0.39, 0.29) is 11.4 Å². The number of hydrogen-bond acceptors (Lipinski definition) is 3. The van der Waals surface area contributed by atoms with Gasteiger partial charge in [-0.15, -0.1) is 0 Å². The van der Waals surface area contributed by atoms with Gasteiger partial charge < -0.3 is 15.0 Å². The molecule has 1 saturated heterocycles. The standard InChI is InChI=1S/C13H26N2O2/c1-13(2,10-17-4)14-12(16)9-11-7-5-6-8-15(11)3/h11H,5-10H2,1-4H3,(H,14,16). The lowest BCUT2D eigenvalue weighted by Gasteiger charge is -2.33. The van der Waals surface area contributed by atoms with Gasteiger partial charge in [-0.3, -0.25) is 4.79 Å². The van der Waals surface area contributed by atoms with Gasteiger partial charge in [0, 0.05) is 19.6 Å². The first-order valence-electron chi connectivity index (χ1n) is 6.45. The van der Waals surface area contributed by atoms with E-state index < -0.39 is 0 Å². The van der Waals surface area contributed by atoms with E-state index in [2.05, 4.69) is 17.3 Å². The summed E-state index contributed by atoms with van der Waals surface area (Å²) in [5, 5.41) is 3.03. The zero-order valence-electron chi connectivity index (χ0n) is 11.6. The van der Waals surface area contributed by atoms with Crippen LogP contribution in [-0.2, 0) is 9.53 Å². The summed E-state index contributed by atoms with van der Waals surface area (Å²) >= 11 is 0. The Bertz CT molecular complexity index is 254. The van der Waals surface area contributed by atoms with Gasteiger partial charge in [-0.25, -0.2) is 0 Å². The van der Waals surface area contributed by atoms with Crippen molar-refractivity contribution in [2.45, 2.75) is 51.1 Å². The van der Waals surface area contributed by atoms with Crippen LogP contribution in [0.5, 0.6) is 0 Å². The normalized spacial score (nSPS) is 22.5. The lowest BCUT2D eigenvalue weighted by atomic mass is 9.99. The number of likely N-dealkylation sites (tertiary alicyclic amines) is 1. The van der Waals surface area contributed by atoms with Gasteiger partial charge >= 0.3 is 0 Å². The van der Waals surface area contributed by atoms with Crippen LogP contribution in [0.2, 0.25) is 0 Å². The number of carbonyl (C=O) groups is 1. The first-order chi connectivity index (χ1) is 7.94. The van der Waals surface area contributed by atoms with E-state index in [9.17, 15) is 4.79 Å². The van der Waals surface area contributed by atoms with E-state index in [4.69, 9.17) is 4.74 Å². The highest BCUT2D eigenvalue weighted by Gasteiger charge is 2.25. The Labute approximate surface area is 105 Å². The number of piperidine rings is 1. The predicted octanol–water partition coefficient (Wildman–Crippen LogP) is 1.40. The molecule has 1 heterocycles. The second kappa shape index (κ2) is 6.36. The molecule has 1 aliphatic rings. The smallest absolute Gasteiger partial charge is 0.222 e. The number of hydrogen-bond donors (Lipinski definition) is 1. The molecule has 1 aliphatic heterocycles. The lowest BCUT2D eigenvalue weighted by molar-refractivity contribution is -0.124. The van der Waals surface area contributed by atoms with Crippen molar-refractivity contribution in [1.82, 2.24) is 10.2 Å². The van der Waals surface area contributed by atoms with E-state index in [0.29, 0.717) is 19.1 Å². The van der Waals surface area contributed by atoms with Crippen molar-refractivity contribution in [3.05, 3.63) is 0 Å². The van der Waals surface area contributed by atoms with Gasteiger partial charge in [0.15, 0.2) is 0 Å². The molecule has 4 heteroatoms. The molecular weight excluding hydrogens is 216 g/mol. The minimum absolute atomic E-state index is 0.130. The van der Waals surface area contributed by atoms with Crippen LogP contribution < -0.4 is 5.32 Å². The van der Waals surface area contributed by atoms with Gasteiger partial charge in [0.05, 0.1) is 12.1 Å². The molecule has 1 fully saturated rings. The Morgan fingerprint density at radius 3 is 2.76 bits per heavy atom. The molecule has 17 heavy (non-hydrogen) atoms. The second-order valence-corrected chi connectivity index (χ2v) is 5.70. The number of methoxy groups -OCH3 is 1. The molecule has 1 amide bonds. The maximum Gasteiger partial charge on any atom is 0.222 e. The molecule has 0 radical (unpaired) electrons. The molecule has 100 valence electrons. The monoisotopic (exact) mass is 242 g/mol. The Kier molecular flexibility index (Phi) is 5.40. The molecule has 1 N–H and O–H groups in total. The molecule has 1 unspecified atom stereocenters. The van der Waals surface area contributed by atoms with Gasteiger partial charge in [-0.1, -0.05) is 6.42 Å². The number of nitrogens with one attached hydrogen (secondary N) is 1. The van der Waals surface area contributed by atoms with E-state index in [1.165, 1.54) is 12.8 Å². The number of rotatable bonds is 5. The molecule has 1 rings (SSSR count). The summed E-state index contributed by atoms with van der Waals surface area (Å²) in [6.07, 6.45) is 4.23. The predicted molar refractivity (Wildman–Crippen MR) is 69.0 cm³/mol. The Morgan fingerprint density at radius 1 is 1.47 bits per heavy atom. The van der Waals surface area contributed by atoms with Crippen LogP contribution in [0, 0.1) is 0 Å². The highest BCUT2D eigenvalue weighted by molar-refractivity contribution is 5.77. The Balaban J connectivity index is 2.38. The summed E-state index contributed by atoms with van der Waals surface area (Å²) in [6.45, 7) is 5.62. The number of amides is 1. The molecular formula is C13H26N2O2. The van der Waals surface area contributed by atoms with E-state index in [1.54, 1.807) is 7.11 Å². The fourth-order valence-electron chi connectivity index (χ4n) is 2.44. The topological polar surface area (TPSA) is 41.6 Å². The third kappa shape index (κ3) is 5.04. The van der Waals surface area contributed by atoms with Crippen LogP contribution in [0.4, 0.5) is 0 Å². The molecule has 0 spiro atoms. The number of nitrogens with zero attached hydrogens (tertiary/aromatic N) is 1. The Hall–Kier alpha value is -0.610. The summed E-state index contributed by atoms with van der Waals surface area (Å²) in [4.78, 5) is 14.3. The van der Waals surface area contributed by atoms with Crippen LogP contribution in [0.15, 0.2) is 0 Å². The highest BCUT2D eigenvalue weighted by atomic mass is 16.5. The van der Waals surface area contributed by atoms with Gasteiger partial charge in [-0.2, -0.15) is 0 Å². The van der Waals surface area contributed by atoms with Crippen LogP contribution in [0.1, 0.15) is 39.5 Å². The van der Waals surface area contributed by atoms with Crippen molar-refractivity contribution in [2.24, 2.45) is 0 Å². The average Bonchev–Trinajstić information content (AvgIpc) is 2.20. The first-order valence-corrected chi connectivity index (χ1v) is 6.45. The third-order valence-electron chi connectivity index (χ3n) is 3.33. The minimum Gasteiger partial charge on any atom is -0.382 e. The van der Waals surface area contributed by atoms with E-state index >= 15 is 0 Å². The second-order valence-electron chi connectivity index (χ2n) is 5.70. The Morgan fingerprint density at radius 2 is 2.18 bits per heavy atom. The minimum atomic E-state index is -0.279. The summed E-state index contributed by atoms with van der Waals surface area (Å²) in [5.74, 6) is 0.130. The van der Waals surface area contributed by atoms with Gasteiger partial charge in [0.1, 0.15) is 0 Å². The summed E-state index contributed by atoms with van der Waals surface area (Å²) in [6, 6.07) is 0.405. The zero-order valence-corrected chi connectivity index (χ0v) is 11.6.